The van der Waals surface area contributed by atoms with Gasteiger partial charge in [0, 0.05) is 31.5 Å². The number of methoxy groups -OCH3 is 1. The van der Waals surface area contributed by atoms with E-state index in [1.54, 1.807) is 10.8 Å². The second-order valence-electron chi connectivity index (χ2n) is 7.86. The van der Waals surface area contributed by atoms with Crippen LogP contribution in [0.15, 0.2) is 34.1 Å². The topological polar surface area (TPSA) is 110 Å². The van der Waals surface area contributed by atoms with Gasteiger partial charge in [-0.1, -0.05) is 42.0 Å². The summed E-state index contributed by atoms with van der Waals surface area (Å²) < 4.78 is 24.6. The third-order valence-electron chi connectivity index (χ3n) is 5.93. The molecule has 0 radical (unpaired) electrons. The van der Waals surface area contributed by atoms with Crippen LogP contribution in [0.3, 0.4) is 0 Å². The number of rotatable bonds is 10. The number of aromatic carboxylic acids is 1. The van der Waals surface area contributed by atoms with E-state index in [0.29, 0.717) is 25.0 Å². The van der Waals surface area contributed by atoms with Crippen molar-refractivity contribution in [3.05, 3.63) is 50.9 Å². The van der Waals surface area contributed by atoms with Gasteiger partial charge in [0.2, 0.25) is 5.43 Å². The molecule has 33 heavy (non-hydrogen) atoms. The summed E-state index contributed by atoms with van der Waals surface area (Å²) in [6.07, 6.45) is 9.19. The second kappa shape index (κ2) is 10.9. The number of carboxylic acids is 1. The monoisotopic (exact) mass is 570 g/mol. The Hall–Kier alpha value is -2.76. The molecule has 0 atom stereocenters. The Morgan fingerprint density at radius 3 is 2.76 bits per heavy atom. The molecule has 10 heteroatoms. The third-order valence-corrected chi connectivity index (χ3v) is 6.25. The van der Waals surface area contributed by atoms with Crippen LogP contribution in [0.2, 0.25) is 0 Å². The fraction of sp³-hybridized carbons (Fsp3) is 0.391. The van der Waals surface area contributed by atoms with E-state index in [9.17, 15) is 14.7 Å². The molecule has 1 aliphatic rings. The Morgan fingerprint density at radius 1 is 1.48 bits per heavy atom. The molecule has 0 unspecified atom stereocenters. The van der Waals surface area contributed by atoms with Crippen LogP contribution in [-0.2, 0) is 0 Å². The summed E-state index contributed by atoms with van der Waals surface area (Å²) in [5, 5.41) is 12.5. The van der Waals surface area contributed by atoms with Crippen LogP contribution in [-0.4, -0.2) is 40.7 Å². The van der Waals surface area contributed by atoms with Crippen LogP contribution in [0.5, 0.6) is 5.75 Å². The third kappa shape index (κ3) is 4.94. The number of nitrogens with one attached hydrogen (secondary N) is 1. The highest BCUT2D eigenvalue weighted by molar-refractivity contribution is 14.1. The van der Waals surface area contributed by atoms with Gasteiger partial charge in [0.25, 0.3) is 0 Å². The van der Waals surface area contributed by atoms with Crippen molar-refractivity contribution in [2.45, 2.75) is 38.1 Å². The normalized spacial score (nSPS) is 14.2. The maximum Gasteiger partial charge on any atom is 0.341 e. The number of fused-ring (bicyclic) bond motifs is 1. The molecule has 4 N–H and O–H groups in total. The van der Waals surface area contributed by atoms with Crippen molar-refractivity contribution in [1.82, 2.24) is 9.47 Å². The molecule has 1 saturated carbocycles. The standard InChI is InChI=1S/C23H28FIN4O4/c1-3-28(12-9-25)11-6-10-27-19-17(24)18(26)16-20(22(19)33-2)29(14-7-4-5-8-14)13-15(21(16)30)23(31)32/h3,9,12-14,27H,1,4-8,10-11,26H2,2H3,(H,31,32)/b12-9-. The van der Waals surface area contributed by atoms with Gasteiger partial charge in [-0.15, -0.1) is 0 Å². The first-order chi connectivity index (χ1) is 15.8. The number of benzene rings is 1. The lowest BCUT2D eigenvalue weighted by molar-refractivity contribution is 0.0694. The van der Waals surface area contributed by atoms with E-state index in [0.717, 1.165) is 25.7 Å². The van der Waals surface area contributed by atoms with E-state index in [1.165, 1.54) is 13.3 Å². The first kappa shape index (κ1) is 24.9. The maximum absolute atomic E-state index is 15.4. The number of pyridine rings is 1. The molecule has 1 aromatic heterocycles. The summed E-state index contributed by atoms with van der Waals surface area (Å²) in [7, 11) is 1.40. The van der Waals surface area contributed by atoms with E-state index in [2.05, 4.69) is 34.5 Å². The highest BCUT2D eigenvalue weighted by Gasteiger charge is 2.29. The molecular weight excluding hydrogens is 542 g/mol. The zero-order valence-electron chi connectivity index (χ0n) is 18.4. The summed E-state index contributed by atoms with van der Waals surface area (Å²) in [6.45, 7) is 4.84. The minimum Gasteiger partial charge on any atom is -0.492 e. The molecule has 8 nitrogen and oxygen atoms in total. The Kier molecular flexibility index (Phi) is 8.22. The summed E-state index contributed by atoms with van der Waals surface area (Å²) >= 11 is 2.12. The minimum atomic E-state index is -1.37. The zero-order chi connectivity index (χ0) is 24.1. The highest BCUT2D eigenvalue weighted by Crippen LogP contribution is 2.42. The van der Waals surface area contributed by atoms with Gasteiger partial charge in [0.15, 0.2) is 11.6 Å². The van der Waals surface area contributed by atoms with Gasteiger partial charge >= 0.3 is 5.97 Å². The first-order valence-corrected chi connectivity index (χ1v) is 12.0. The highest BCUT2D eigenvalue weighted by atomic mass is 127. The van der Waals surface area contributed by atoms with Gasteiger partial charge in [0.05, 0.1) is 23.7 Å². The molecule has 1 aromatic carbocycles. The van der Waals surface area contributed by atoms with E-state index >= 15 is 4.39 Å². The Morgan fingerprint density at radius 2 is 2.18 bits per heavy atom. The predicted molar refractivity (Wildman–Crippen MR) is 137 cm³/mol. The zero-order valence-corrected chi connectivity index (χ0v) is 20.6. The number of hydrogen-bond acceptors (Lipinski definition) is 6. The minimum absolute atomic E-state index is 0.0287. The van der Waals surface area contributed by atoms with Crippen LogP contribution >= 0.6 is 22.6 Å². The molecule has 3 rings (SSSR count). The van der Waals surface area contributed by atoms with Crippen molar-refractivity contribution < 1.29 is 19.0 Å². The van der Waals surface area contributed by atoms with Crippen molar-refractivity contribution in [2.75, 3.05) is 31.2 Å². The van der Waals surface area contributed by atoms with Crippen LogP contribution < -0.4 is 21.2 Å². The van der Waals surface area contributed by atoms with Gasteiger partial charge in [-0.25, -0.2) is 9.18 Å². The van der Waals surface area contributed by atoms with Gasteiger partial charge < -0.3 is 30.4 Å². The van der Waals surface area contributed by atoms with E-state index in [4.69, 9.17) is 10.5 Å². The molecule has 1 aliphatic carbocycles. The number of nitrogens with zero attached hydrogens (tertiary/aromatic N) is 2. The molecular formula is C23H28FIN4O4. The van der Waals surface area contributed by atoms with Crippen LogP contribution in [0.25, 0.3) is 10.9 Å². The van der Waals surface area contributed by atoms with E-state index in [1.807, 2.05) is 15.2 Å². The van der Waals surface area contributed by atoms with Crippen LogP contribution in [0.4, 0.5) is 15.8 Å². The molecule has 0 saturated heterocycles. The molecule has 0 bridgehead atoms. The van der Waals surface area contributed by atoms with Crippen molar-refractivity contribution in [3.63, 3.8) is 0 Å². The average molecular weight is 570 g/mol. The average Bonchev–Trinajstić information content (AvgIpc) is 3.33. The molecule has 178 valence electrons. The maximum atomic E-state index is 15.4. The number of carboxylic acid groups (broad SMARTS) is 1. The summed E-state index contributed by atoms with van der Waals surface area (Å²) in [5.74, 6) is -2.06. The van der Waals surface area contributed by atoms with Crippen molar-refractivity contribution in [3.8, 4) is 5.75 Å². The Balaban J connectivity index is 2.12. The lowest BCUT2D eigenvalue weighted by Crippen LogP contribution is -2.23. The smallest absolute Gasteiger partial charge is 0.341 e. The van der Waals surface area contributed by atoms with Crippen molar-refractivity contribution in [2.24, 2.45) is 0 Å². The summed E-state index contributed by atoms with van der Waals surface area (Å²) in [5.41, 5.74) is 4.83. The van der Waals surface area contributed by atoms with Crippen LogP contribution in [0.1, 0.15) is 48.5 Å². The van der Waals surface area contributed by atoms with E-state index in [-0.39, 0.29) is 28.6 Å². The number of halogens is 2. The number of anilines is 2. The van der Waals surface area contributed by atoms with Crippen molar-refractivity contribution >= 4 is 50.8 Å². The quantitative estimate of drug-likeness (QED) is 0.216. The number of carbonyl (C=O) groups is 1. The molecule has 0 aliphatic heterocycles. The van der Waals surface area contributed by atoms with Crippen LogP contribution in [0, 0.1) is 5.82 Å². The fourth-order valence-electron chi connectivity index (χ4n) is 4.33. The van der Waals surface area contributed by atoms with Gasteiger partial charge in [0.1, 0.15) is 11.3 Å². The van der Waals surface area contributed by atoms with Gasteiger partial charge in [-0.2, -0.15) is 0 Å². The number of aromatic nitrogens is 1. The predicted octanol–water partition coefficient (Wildman–Crippen LogP) is 4.70. The summed E-state index contributed by atoms with van der Waals surface area (Å²) in [4.78, 5) is 26.6. The van der Waals surface area contributed by atoms with Gasteiger partial charge in [-0.3, -0.25) is 4.79 Å². The molecule has 0 spiro atoms. The second-order valence-corrected chi connectivity index (χ2v) is 8.58. The molecule has 0 amide bonds. The molecule has 1 fully saturated rings. The molecule has 2 aromatic rings. The van der Waals surface area contributed by atoms with Gasteiger partial charge in [-0.05, 0) is 29.5 Å². The fourth-order valence-corrected chi connectivity index (χ4v) is 4.74. The number of hydrogen-bond donors (Lipinski definition) is 3. The number of nitrogens with two attached hydrogens (primary N) is 1. The number of ether oxygens (including phenoxy) is 1. The van der Waals surface area contributed by atoms with Crippen molar-refractivity contribution in [1.29, 1.82) is 0 Å². The SMILES string of the molecule is C=CN(/C=C\I)CCCNc1c(F)c(N)c2c(=O)c(C(=O)O)cn(C3CCCC3)c2c1OC. The number of nitrogen functional groups attached to an aromatic ring is 1. The lowest BCUT2D eigenvalue weighted by Gasteiger charge is -2.24. The molecule has 1 heterocycles. The Labute approximate surface area is 205 Å². The lowest BCUT2D eigenvalue weighted by atomic mass is 10.0. The Bertz CT molecular complexity index is 1140. The summed E-state index contributed by atoms with van der Waals surface area (Å²) in [6, 6.07) is -0.0287. The first-order valence-electron chi connectivity index (χ1n) is 10.7. The van der Waals surface area contributed by atoms with E-state index < -0.39 is 22.8 Å². The largest absolute Gasteiger partial charge is 0.492 e.